The van der Waals surface area contributed by atoms with Crippen LogP contribution in [-0.4, -0.2) is 28.4 Å². The maximum atomic E-state index is 13.6. The molecule has 1 aliphatic rings. The quantitative estimate of drug-likeness (QED) is 0.325. The molecule has 0 fully saturated rings. The first kappa shape index (κ1) is 24.2. The number of hydrogen-bond acceptors (Lipinski definition) is 7. The van der Waals surface area contributed by atoms with Crippen LogP contribution in [0.5, 0.6) is 0 Å². The van der Waals surface area contributed by atoms with Gasteiger partial charge >= 0.3 is 0 Å². The Labute approximate surface area is 211 Å². The monoisotopic (exact) mass is 549 g/mol. The minimum absolute atomic E-state index is 0.0230. The zero-order valence-electron chi connectivity index (χ0n) is 18.4. The van der Waals surface area contributed by atoms with E-state index in [9.17, 15) is 27.0 Å². The molecule has 1 atom stereocenters. The Morgan fingerprint density at radius 1 is 1.17 bits per heavy atom. The van der Waals surface area contributed by atoms with Crippen LogP contribution in [0.4, 0.5) is 15.8 Å². The molecule has 1 unspecified atom stereocenters. The van der Waals surface area contributed by atoms with Crippen LogP contribution in [0.25, 0.3) is 11.3 Å². The lowest BCUT2D eigenvalue weighted by atomic mass is 10.2. The number of halogens is 2. The van der Waals surface area contributed by atoms with Gasteiger partial charge in [0.2, 0.25) is 20.3 Å². The lowest BCUT2D eigenvalue weighted by Crippen LogP contribution is -2.52. The second kappa shape index (κ2) is 8.85. The predicted octanol–water partition coefficient (Wildman–Crippen LogP) is 1.20. The third-order valence-electron chi connectivity index (χ3n) is 5.40. The Morgan fingerprint density at radius 2 is 1.94 bits per heavy atom. The van der Waals surface area contributed by atoms with E-state index in [2.05, 4.69) is 14.8 Å². The van der Waals surface area contributed by atoms with Gasteiger partial charge in [0, 0.05) is 12.3 Å². The summed E-state index contributed by atoms with van der Waals surface area (Å²) in [6.45, 7) is -0.0230. The molecule has 14 heteroatoms. The van der Waals surface area contributed by atoms with E-state index in [1.165, 1.54) is 51.7 Å². The molecule has 0 saturated carbocycles. The largest absolute Gasteiger partial charge is 0.588 e. The Bertz CT molecular complexity index is 1820. The Kier molecular flexibility index (Phi) is 5.95. The molecule has 3 N–H and O–H groups in total. The maximum Gasteiger partial charge on any atom is 0.280 e. The molecule has 2 aromatic carbocycles. The van der Waals surface area contributed by atoms with Crippen molar-refractivity contribution in [1.29, 1.82) is 0 Å². The van der Waals surface area contributed by atoms with Crippen molar-refractivity contribution in [2.24, 2.45) is 0 Å². The van der Waals surface area contributed by atoms with Gasteiger partial charge < -0.3 is 9.87 Å². The van der Waals surface area contributed by atoms with E-state index in [0.29, 0.717) is 11.3 Å². The average molecular weight is 550 g/mol. The summed E-state index contributed by atoms with van der Waals surface area (Å²) < 4.78 is 57.2. The molecule has 5 rings (SSSR count). The van der Waals surface area contributed by atoms with Crippen LogP contribution in [0.3, 0.4) is 0 Å². The van der Waals surface area contributed by atoms with Crippen LogP contribution >= 0.6 is 11.6 Å². The number of sulfonamides is 1. The number of rotatable bonds is 4. The second-order valence-corrected chi connectivity index (χ2v) is 11.3. The van der Waals surface area contributed by atoms with Crippen molar-refractivity contribution in [2.45, 2.75) is 11.4 Å². The summed E-state index contributed by atoms with van der Waals surface area (Å²) in [5.41, 5.74) is -0.0296. The van der Waals surface area contributed by atoms with Crippen LogP contribution in [0.1, 0.15) is 5.56 Å². The Morgan fingerprint density at radius 3 is 2.67 bits per heavy atom. The number of nitrogens with one attached hydrogen (secondary N) is 3. The maximum absolute atomic E-state index is 13.6. The van der Waals surface area contributed by atoms with E-state index >= 15 is 0 Å². The van der Waals surface area contributed by atoms with Gasteiger partial charge in [0.15, 0.2) is 5.82 Å². The summed E-state index contributed by atoms with van der Waals surface area (Å²) in [6.07, 6.45) is 2.54. The zero-order chi connectivity index (χ0) is 25.8. The van der Waals surface area contributed by atoms with Crippen LogP contribution in [-0.2, 0) is 27.9 Å². The number of anilines is 2. The first-order valence-electron chi connectivity index (χ1n) is 10.3. The van der Waals surface area contributed by atoms with Crippen molar-refractivity contribution in [1.82, 2.24) is 13.9 Å². The summed E-state index contributed by atoms with van der Waals surface area (Å²) in [4.78, 5) is 27.0. The van der Waals surface area contributed by atoms with E-state index in [1.54, 1.807) is 12.3 Å². The Balaban J connectivity index is 1.66. The molecule has 2 aromatic heterocycles. The van der Waals surface area contributed by atoms with Crippen LogP contribution in [0.15, 0.2) is 69.2 Å². The molecule has 10 nitrogen and oxygen atoms in total. The molecule has 4 aromatic rings. The fraction of sp³-hybridized carbons (Fsp3) is 0.0909. The highest BCUT2D eigenvalue weighted by atomic mass is 35.5. The topological polar surface area (TPSA) is 137 Å². The third kappa shape index (κ3) is 4.41. The summed E-state index contributed by atoms with van der Waals surface area (Å²) in [5, 5.41) is 2.55. The van der Waals surface area contributed by atoms with Crippen molar-refractivity contribution in [3.05, 3.63) is 96.9 Å². The van der Waals surface area contributed by atoms with Crippen LogP contribution in [0.2, 0.25) is 5.02 Å². The molecule has 0 spiro atoms. The van der Waals surface area contributed by atoms with E-state index < -0.39 is 38.2 Å². The van der Waals surface area contributed by atoms with E-state index in [-0.39, 0.29) is 38.7 Å². The first-order valence-corrected chi connectivity index (χ1v) is 13.7. The number of hydrogen-bond donors (Lipinski definition) is 3. The van der Waals surface area contributed by atoms with Crippen molar-refractivity contribution in [3.8, 4) is 0 Å². The number of fused-ring (bicyclic) bond motifs is 2. The lowest BCUT2D eigenvalue weighted by Gasteiger charge is -2.24. The number of aromatic nitrogens is 2. The standard InChI is InChI=1S/C22H17ClFN5O5S2/c1-36(33,34)27-13-5-7-16-18(10-13)35(32)26-21(25-16)19-20(30)17-3-2-8-28(17)29(22(19)31)11-12-4-6-15(24)14(23)9-12/h2-10,25-27H,11H2,1H3. The van der Waals surface area contributed by atoms with Crippen molar-refractivity contribution in [3.63, 3.8) is 0 Å². The molecular formula is C22H17ClFN5O5S2. The molecule has 0 radical (unpaired) electrons. The van der Waals surface area contributed by atoms with Crippen molar-refractivity contribution < 1.29 is 17.4 Å². The highest BCUT2D eigenvalue weighted by molar-refractivity contribution is 7.92. The summed E-state index contributed by atoms with van der Waals surface area (Å²) in [6, 6.07) is 11.5. The van der Waals surface area contributed by atoms with Crippen LogP contribution in [0, 0.1) is 5.82 Å². The molecule has 36 heavy (non-hydrogen) atoms. The molecular weight excluding hydrogens is 533 g/mol. The number of benzene rings is 2. The van der Waals surface area contributed by atoms with E-state index in [1.807, 2.05) is 0 Å². The molecule has 0 bridgehead atoms. The van der Waals surface area contributed by atoms with Gasteiger partial charge in [-0.1, -0.05) is 17.7 Å². The molecule has 0 amide bonds. The SMILES string of the molecule is CS(=O)(=O)Nc1ccc2c(c1)[S+]([O-])NC(=c1c(=O)c3cccn3n(Cc3ccc(F)c(Cl)c3)c1=O)N2. The summed E-state index contributed by atoms with van der Waals surface area (Å²) in [7, 11) is -3.55. The smallest absolute Gasteiger partial charge is 0.280 e. The Hall–Kier alpha value is -3.52. The lowest BCUT2D eigenvalue weighted by molar-refractivity contribution is 0.586. The fourth-order valence-electron chi connectivity index (χ4n) is 3.87. The van der Waals surface area contributed by atoms with E-state index in [4.69, 9.17) is 11.6 Å². The van der Waals surface area contributed by atoms with Gasteiger partial charge in [0.1, 0.15) is 27.9 Å². The molecule has 186 valence electrons. The zero-order valence-corrected chi connectivity index (χ0v) is 20.8. The van der Waals surface area contributed by atoms with Crippen molar-refractivity contribution in [2.75, 3.05) is 16.3 Å². The summed E-state index contributed by atoms with van der Waals surface area (Å²) in [5.74, 6) is -0.661. The molecule has 3 heterocycles. The minimum atomic E-state index is -3.55. The number of nitrogens with zero attached hydrogens (tertiary/aromatic N) is 2. The molecule has 0 aliphatic carbocycles. The van der Waals surface area contributed by atoms with Gasteiger partial charge in [-0.15, -0.1) is 0 Å². The van der Waals surface area contributed by atoms with E-state index in [0.717, 1.165) is 6.26 Å². The summed E-state index contributed by atoms with van der Waals surface area (Å²) >= 11 is 3.98. The van der Waals surface area contributed by atoms with Gasteiger partial charge in [-0.2, -0.15) is 4.72 Å². The fourth-order valence-corrected chi connectivity index (χ4v) is 5.63. The van der Waals surface area contributed by atoms with Gasteiger partial charge in [-0.3, -0.25) is 18.8 Å². The third-order valence-corrected chi connectivity index (χ3v) is 7.42. The molecule has 1 aliphatic heterocycles. The van der Waals surface area contributed by atoms with Gasteiger partial charge in [0.05, 0.1) is 29.2 Å². The first-order chi connectivity index (χ1) is 17.0. The highest BCUT2D eigenvalue weighted by Gasteiger charge is 2.28. The predicted molar refractivity (Wildman–Crippen MR) is 135 cm³/mol. The molecule has 0 saturated heterocycles. The van der Waals surface area contributed by atoms with Gasteiger partial charge in [0.25, 0.3) is 5.56 Å². The normalized spacial score (nSPS) is 16.8. The second-order valence-electron chi connectivity index (χ2n) is 8.01. The van der Waals surface area contributed by atoms with Crippen molar-refractivity contribution >= 4 is 55.7 Å². The average Bonchev–Trinajstić information content (AvgIpc) is 3.29. The van der Waals surface area contributed by atoms with Crippen LogP contribution < -0.4 is 31.0 Å². The minimum Gasteiger partial charge on any atom is -0.588 e. The van der Waals surface area contributed by atoms with Gasteiger partial charge in [-0.25, -0.2) is 17.5 Å². The highest BCUT2D eigenvalue weighted by Crippen LogP contribution is 2.30. The van der Waals surface area contributed by atoms with Gasteiger partial charge in [-0.05, 0) is 42.0 Å².